The van der Waals surface area contributed by atoms with Crippen LogP contribution in [0.2, 0.25) is 0 Å². The number of amides is 2. The number of nitriles is 2. The summed E-state index contributed by atoms with van der Waals surface area (Å²) in [5.74, 6) is -1.92. The highest BCUT2D eigenvalue weighted by molar-refractivity contribution is 6.02. The average Bonchev–Trinajstić information content (AvgIpc) is 2.83. The predicted molar refractivity (Wildman–Crippen MR) is 123 cm³/mol. The molecule has 0 spiro atoms. The molecule has 0 aliphatic carbocycles. The van der Waals surface area contributed by atoms with Gasteiger partial charge in [-0.2, -0.15) is 10.5 Å². The number of carbonyl (C=O) groups excluding carboxylic acids is 2. The minimum Gasteiger partial charge on any atom is -0.504 e. The lowest BCUT2D eigenvalue weighted by molar-refractivity contribution is -0.117. The Bertz CT molecular complexity index is 1260. The molecule has 4 N–H and O–H groups in total. The highest BCUT2D eigenvalue weighted by Gasteiger charge is 2.11. The van der Waals surface area contributed by atoms with E-state index in [0.29, 0.717) is 23.2 Å². The summed E-state index contributed by atoms with van der Waals surface area (Å²) in [5.41, 5.74) is 9.43. The van der Waals surface area contributed by atoms with Crippen LogP contribution < -0.4 is 10.6 Å². The van der Waals surface area contributed by atoms with Crippen LogP contribution in [0, 0.1) is 22.7 Å². The van der Waals surface area contributed by atoms with Gasteiger partial charge in [0, 0.05) is 23.7 Å². The normalized spacial score (nSPS) is 10.9. The van der Waals surface area contributed by atoms with E-state index in [1.54, 1.807) is 30.3 Å². The lowest BCUT2D eigenvalue weighted by atomic mass is 10.1. The Balaban J connectivity index is 1.85. The van der Waals surface area contributed by atoms with Crippen molar-refractivity contribution >= 4 is 29.7 Å². The average molecular weight is 457 g/mol. The first-order valence-electron chi connectivity index (χ1n) is 9.85. The number of phenolic OH excluding ortho intramolecular Hbond substituents is 2. The minimum atomic E-state index is -0.636. The van der Waals surface area contributed by atoms with Gasteiger partial charge in [-0.15, -0.1) is 0 Å². The van der Waals surface area contributed by atoms with Gasteiger partial charge in [0.2, 0.25) is 0 Å². The summed E-state index contributed by atoms with van der Waals surface area (Å²) in [6.07, 6.45) is 3.00. The maximum atomic E-state index is 12.2. The summed E-state index contributed by atoms with van der Waals surface area (Å²) in [7, 11) is 0. The molecule has 34 heavy (non-hydrogen) atoms. The van der Waals surface area contributed by atoms with Crippen LogP contribution in [0.3, 0.4) is 0 Å². The van der Waals surface area contributed by atoms with Gasteiger partial charge in [0.1, 0.15) is 23.3 Å². The maximum absolute atomic E-state index is 12.2. The van der Waals surface area contributed by atoms with Crippen LogP contribution in [0.5, 0.6) is 11.5 Å². The van der Waals surface area contributed by atoms with E-state index in [2.05, 4.69) is 20.7 Å². The van der Waals surface area contributed by atoms with Crippen LogP contribution in [0.15, 0.2) is 58.7 Å². The standard InChI is InChI=1S/C23H19N7O4/c24-13-17(10-15-2-5-19(6-3-15)29-30-26)22(33)27-8-1-9-28-23(34)18(14-25)11-16-4-7-20(31)21(32)12-16/h2-7,10-12,31-32H,1,8-9H2,(H,27,33)(H,28,34)/b17-10+,18-11+. The fraction of sp³-hybridized carbons (Fsp3) is 0.130. The Morgan fingerprint density at radius 3 is 1.94 bits per heavy atom. The minimum absolute atomic E-state index is 0.118. The summed E-state index contributed by atoms with van der Waals surface area (Å²) in [6.45, 7) is 0.330. The third-order valence-corrected chi connectivity index (χ3v) is 4.33. The molecular weight excluding hydrogens is 438 g/mol. The Hall–Kier alpha value is -5.25. The number of rotatable bonds is 9. The Labute approximate surface area is 194 Å². The van der Waals surface area contributed by atoms with Crippen molar-refractivity contribution in [1.29, 1.82) is 10.5 Å². The van der Waals surface area contributed by atoms with Gasteiger partial charge < -0.3 is 20.8 Å². The summed E-state index contributed by atoms with van der Waals surface area (Å²) >= 11 is 0. The summed E-state index contributed by atoms with van der Waals surface area (Å²) in [6, 6.07) is 13.8. The van der Waals surface area contributed by atoms with E-state index < -0.39 is 11.8 Å². The van der Waals surface area contributed by atoms with Crippen molar-refractivity contribution in [1.82, 2.24) is 10.6 Å². The fourth-order valence-electron chi connectivity index (χ4n) is 2.63. The summed E-state index contributed by atoms with van der Waals surface area (Å²) in [4.78, 5) is 27.0. The summed E-state index contributed by atoms with van der Waals surface area (Å²) in [5, 5.41) is 45.8. The molecule has 0 fully saturated rings. The molecule has 0 aromatic heterocycles. The highest BCUT2D eigenvalue weighted by Crippen LogP contribution is 2.25. The van der Waals surface area contributed by atoms with Crippen LogP contribution in [0.1, 0.15) is 17.5 Å². The quantitative estimate of drug-likeness (QED) is 0.0848. The van der Waals surface area contributed by atoms with Gasteiger partial charge in [0.25, 0.3) is 11.8 Å². The molecule has 0 aliphatic heterocycles. The van der Waals surface area contributed by atoms with E-state index in [1.807, 2.05) is 6.07 Å². The van der Waals surface area contributed by atoms with Crippen molar-refractivity contribution in [3.63, 3.8) is 0 Å². The summed E-state index contributed by atoms with van der Waals surface area (Å²) < 4.78 is 0. The van der Waals surface area contributed by atoms with Gasteiger partial charge in [-0.25, -0.2) is 0 Å². The Kier molecular flexibility index (Phi) is 9.25. The van der Waals surface area contributed by atoms with Crippen LogP contribution in [-0.4, -0.2) is 35.1 Å². The number of benzene rings is 2. The molecule has 0 aliphatic rings. The van der Waals surface area contributed by atoms with Crippen molar-refractivity contribution < 1.29 is 19.8 Å². The molecule has 11 heteroatoms. The molecule has 170 valence electrons. The molecule has 0 bridgehead atoms. The van der Waals surface area contributed by atoms with Crippen LogP contribution in [0.25, 0.3) is 22.6 Å². The lowest BCUT2D eigenvalue weighted by Gasteiger charge is -2.06. The van der Waals surface area contributed by atoms with E-state index in [1.165, 1.54) is 30.4 Å². The number of nitrogens with zero attached hydrogens (tertiary/aromatic N) is 5. The van der Waals surface area contributed by atoms with Crippen LogP contribution >= 0.6 is 0 Å². The molecular formula is C23H19N7O4. The first kappa shape index (κ1) is 25.0. The zero-order chi connectivity index (χ0) is 24.9. The zero-order valence-corrected chi connectivity index (χ0v) is 17.8. The smallest absolute Gasteiger partial charge is 0.261 e. The largest absolute Gasteiger partial charge is 0.504 e. The van der Waals surface area contributed by atoms with Gasteiger partial charge in [-0.1, -0.05) is 35.4 Å². The first-order chi connectivity index (χ1) is 16.4. The maximum Gasteiger partial charge on any atom is 0.261 e. The molecule has 0 unspecified atom stereocenters. The molecule has 2 aromatic carbocycles. The van der Waals surface area contributed by atoms with E-state index in [-0.39, 0.29) is 35.7 Å². The van der Waals surface area contributed by atoms with E-state index >= 15 is 0 Å². The highest BCUT2D eigenvalue weighted by atomic mass is 16.3. The Morgan fingerprint density at radius 1 is 0.912 bits per heavy atom. The van der Waals surface area contributed by atoms with Crippen molar-refractivity contribution in [2.45, 2.75) is 6.42 Å². The van der Waals surface area contributed by atoms with Crippen LogP contribution in [0.4, 0.5) is 5.69 Å². The van der Waals surface area contributed by atoms with Crippen molar-refractivity contribution in [3.8, 4) is 23.6 Å². The monoisotopic (exact) mass is 457 g/mol. The number of hydrogen-bond donors (Lipinski definition) is 4. The van der Waals surface area contributed by atoms with Gasteiger partial charge in [0.15, 0.2) is 11.5 Å². The molecule has 0 atom stereocenters. The SMILES string of the molecule is N#C/C(=C\c1ccc(N=[N+]=[N-])cc1)C(=O)NCCCNC(=O)/C(C#N)=C/c1ccc(O)c(O)c1. The molecule has 2 amide bonds. The topological polar surface area (TPSA) is 195 Å². The second kappa shape index (κ2) is 12.6. The fourth-order valence-corrected chi connectivity index (χ4v) is 2.63. The van der Waals surface area contributed by atoms with E-state index in [9.17, 15) is 30.3 Å². The lowest BCUT2D eigenvalue weighted by Crippen LogP contribution is -2.30. The van der Waals surface area contributed by atoms with Gasteiger partial charge in [-0.3, -0.25) is 9.59 Å². The van der Waals surface area contributed by atoms with Crippen LogP contribution in [-0.2, 0) is 9.59 Å². The number of carbonyl (C=O) groups is 2. The van der Waals surface area contributed by atoms with Gasteiger partial charge in [0.05, 0.1) is 0 Å². The van der Waals surface area contributed by atoms with Crippen molar-refractivity contribution in [2.75, 3.05) is 13.1 Å². The number of azide groups is 1. The third-order valence-electron chi connectivity index (χ3n) is 4.33. The Morgan fingerprint density at radius 2 is 1.44 bits per heavy atom. The van der Waals surface area contributed by atoms with Gasteiger partial charge >= 0.3 is 0 Å². The van der Waals surface area contributed by atoms with E-state index in [0.717, 1.165) is 0 Å². The predicted octanol–water partition coefficient (Wildman–Crippen LogP) is 3.18. The van der Waals surface area contributed by atoms with E-state index in [4.69, 9.17) is 5.53 Å². The molecule has 11 nitrogen and oxygen atoms in total. The number of hydrogen-bond acceptors (Lipinski definition) is 7. The zero-order valence-electron chi connectivity index (χ0n) is 17.8. The first-order valence-corrected chi connectivity index (χ1v) is 9.85. The second-order valence-corrected chi connectivity index (χ2v) is 6.73. The molecule has 0 saturated carbocycles. The number of nitrogens with one attached hydrogen (secondary N) is 2. The van der Waals surface area contributed by atoms with Crippen molar-refractivity contribution in [3.05, 3.63) is 75.2 Å². The molecule has 0 heterocycles. The number of aromatic hydroxyl groups is 2. The van der Waals surface area contributed by atoms with Crippen molar-refractivity contribution in [2.24, 2.45) is 5.11 Å². The number of phenols is 2. The molecule has 0 saturated heterocycles. The molecule has 2 rings (SSSR count). The third kappa shape index (κ3) is 7.46. The molecule has 2 aromatic rings. The van der Waals surface area contributed by atoms with Gasteiger partial charge in [-0.05, 0) is 47.4 Å². The molecule has 0 radical (unpaired) electrons. The second-order valence-electron chi connectivity index (χ2n) is 6.73.